The predicted octanol–water partition coefficient (Wildman–Crippen LogP) is 3.37. The Balaban J connectivity index is 1.74. The number of rotatable bonds is 4. The van der Waals surface area contributed by atoms with Crippen LogP contribution in [0.3, 0.4) is 0 Å². The molecule has 0 saturated heterocycles. The van der Waals surface area contributed by atoms with Crippen LogP contribution in [-0.2, 0) is 4.79 Å². The van der Waals surface area contributed by atoms with Gasteiger partial charge in [0.2, 0.25) is 5.91 Å². The zero-order chi connectivity index (χ0) is 14.0. The van der Waals surface area contributed by atoms with Gasteiger partial charge in [-0.05, 0) is 43.0 Å². The van der Waals surface area contributed by atoms with Crippen molar-refractivity contribution in [3.8, 4) is 0 Å². The molecule has 110 valence electrons. The second kappa shape index (κ2) is 5.86. The van der Waals surface area contributed by atoms with E-state index in [2.05, 4.69) is 22.8 Å². The van der Waals surface area contributed by atoms with Crippen LogP contribution in [0.1, 0.15) is 62.3 Å². The zero-order valence-electron chi connectivity index (χ0n) is 11.9. The molecule has 0 aromatic carbocycles. The molecule has 1 unspecified atom stereocenters. The maximum atomic E-state index is 12.6. The zero-order valence-corrected chi connectivity index (χ0v) is 12.8. The van der Waals surface area contributed by atoms with Gasteiger partial charge in [-0.2, -0.15) is 0 Å². The molecule has 2 aliphatic rings. The Labute approximate surface area is 124 Å². The molecule has 0 aliphatic heterocycles. The van der Waals surface area contributed by atoms with Crippen molar-refractivity contribution in [2.75, 3.05) is 0 Å². The quantitative estimate of drug-likeness (QED) is 0.894. The molecule has 1 aromatic rings. The van der Waals surface area contributed by atoms with Gasteiger partial charge in [-0.25, -0.2) is 0 Å². The highest BCUT2D eigenvalue weighted by atomic mass is 32.1. The van der Waals surface area contributed by atoms with Gasteiger partial charge >= 0.3 is 0 Å². The summed E-state index contributed by atoms with van der Waals surface area (Å²) in [6.45, 7) is 0. The maximum absolute atomic E-state index is 12.6. The van der Waals surface area contributed by atoms with Crippen molar-refractivity contribution in [3.05, 3.63) is 22.4 Å². The number of carbonyl (C=O) groups is 1. The van der Waals surface area contributed by atoms with Crippen LogP contribution < -0.4 is 11.1 Å². The third-order valence-electron chi connectivity index (χ3n) is 4.96. The average molecular weight is 292 g/mol. The molecule has 20 heavy (non-hydrogen) atoms. The molecule has 0 bridgehead atoms. The summed E-state index contributed by atoms with van der Waals surface area (Å²) in [4.78, 5) is 13.9. The van der Waals surface area contributed by atoms with E-state index in [4.69, 9.17) is 5.73 Å². The van der Waals surface area contributed by atoms with Crippen LogP contribution in [0, 0.1) is 5.92 Å². The van der Waals surface area contributed by atoms with E-state index in [0.717, 1.165) is 25.7 Å². The molecule has 1 aromatic heterocycles. The van der Waals surface area contributed by atoms with Crippen LogP contribution in [-0.4, -0.2) is 11.4 Å². The molecule has 3 N–H and O–H groups in total. The van der Waals surface area contributed by atoms with Gasteiger partial charge in [0.1, 0.15) is 0 Å². The van der Waals surface area contributed by atoms with Gasteiger partial charge in [-0.3, -0.25) is 4.79 Å². The number of hydrogen-bond donors (Lipinski definition) is 2. The third kappa shape index (κ3) is 2.77. The molecule has 0 radical (unpaired) electrons. The fourth-order valence-electron chi connectivity index (χ4n) is 3.70. The lowest BCUT2D eigenvalue weighted by Gasteiger charge is -2.29. The predicted molar refractivity (Wildman–Crippen MR) is 82.5 cm³/mol. The van der Waals surface area contributed by atoms with Gasteiger partial charge in [0, 0.05) is 4.88 Å². The first-order valence-electron chi connectivity index (χ1n) is 7.82. The molecule has 2 saturated carbocycles. The van der Waals surface area contributed by atoms with Crippen LogP contribution in [0.25, 0.3) is 0 Å². The summed E-state index contributed by atoms with van der Waals surface area (Å²) in [5, 5.41) is 5.38. The molecule has 0 spiro atoms. The van der Waals surface area contributed by atoms with Crippen LogP contribution in [0.2, 0.25) is 0 Å². The number of nitrogens with two attached hydrogens (primary N) is 1. The fourth-order valence-corrected chi connectivity index (χ4v) is 4.57. The Hall–Kier alpha value is -0.870. The summed E-state index contributed by atoms with van der Waals surface area (Å²) in [5.41, 5.74) is 5.68. The number of carbonyl (C=O) groups excluding carboxylic acids is 1. The highest BCUT2D eigenvalue weighted by molar-refractivity contribution is 7.10. The van der Waals surface area contributed by atoms with Crippen LogP contribution in [0.4, 0.5) is 0 Å². The van der Waals surface area contributed by atoms with Gasteiger partial charge < -0.3 is 11.1 Å². The summed E-state index contributed by atoms with van der Waals surface area (Å²) in [5.74, 6) is 0.655. The molecule has 4 heteroatoms. The Morgan fingerprint density at radius 2 is 2.00 bits per heavy atom. The molecule has 2 aliphatic carbocycles. The minimum atomic E-state index is -0.617. The highest BCUT2D eigenvalue weighted by Crippen LogP contribution is 2.38. The van der Waals surface area contributed by atoms with Crippen LogP contribution >= 0.6 is 11.3 Å². The van der Waals surface area contributed by atoms with Crippen molar-refractivity contribution in [2.45, 2.75) is 62.9 Å². The van der Waals surface area contributed by atoms with E-state index >= 15 is 0 Å². The second-order valence-electron chi connectivity index (χ2n) is 6.37. The average Bonchev–Trinajstić information content (AvgIpc) is 3.18. The van der Waals surface area contributed by atoms with Crippen molar-refractivity contribution >= 4 is 17.2 Å². The van der Waals surface area contributed by atoms with E-state index in [-0.39, 0.29) is 11.9 Å². The summed E-state index contributed by atoms with van der Waals surface area (Å²) >= 11 is 1.75. The Kier molecular flexibility index (Phi) is 4.13. The normalized spacial score (nSPS) is 23.9. The van der Waals surface area contributed by atoms with E-state index < -0.39 is 5.54 Å². The van der Waals surface area contributed by atoms with Crippen molar-refractivity contribution in [1.29, 1.82) is 0 Å². The van der Waals surface area contributed by atoms with Crippen molar-refractivity contribution in [1.82, 2.24) is 5.32 Å². The SMILES string of the molecule is NC1(C(=O)NC(c2cccs2)C2CCCC2)CCCC1. The Morgan fingerprint density at radius 1 is 1.30 bits per heavy atom. The first-order chi connectivity index (χ1) is 9.69. The first kappa shape index (κ1) is 14.1. The number of nitrogens with one attached hydrogen (secondary N) is 1. The minimum Gasteiger partial charge on any atom is -0.347 e. The highest BCUT2D eigenvalue weighted by Gasteiger charge is 2.39. The second-order valence-corrected chi connectivity index (χ2v) is 7.35. The summed E-state index contributed by atoms with van der Waals surface area (Å²) in [6.07, 6.45) is 8.85. The van der Waals surface area contributed by atoms with E-state index in [1.807, 2.05) is 0 Å². The number of thiophene rings is 1. The van der Waals surface area contributed by atoms with E-state index in [1.54, 1.807) is 11.3 Å². The molecule has 1 atom stereocenters. The molecular formula is C16H24N2OS. The van der Waals surface area contributed by atoms with E-state index in [9.17, 15) is 4.79 Å². The third-order valence-corrected chi connectivity index (χ3v) is 5.91. The van der Waals surface area contributed by atoms with Crippen LogP contribution in [0.5, 0.6) is 0 Å². The van der Waals surface area contributed by atoms with Crippen molar-refractivity contribution in [3.63, 3.8) is 0 Å². The fraction of sp³-hybridized carbons (Fsp3) is 0.688. The van der Waals surface area contributed by atoms with Gasteiger partial charge in [0.25, 0.3) is 0 Å². The monoisotopic (exact) mass is 292 g/mol. The lowest BCUT2D eigenvalue weighted by atomic mass is 9.93. The first-order valence-corrected chi connectivity index (χ1v) is 8.70. The Bertz CT molecular complexity index is 445. The van der Waals surface area contributed by atoms with Gasteiger partial charge in [0.15, 0.2) is 0 Å². The summed E-state index contributed by atoms with van der Waals surface area (Å²) < 4.78 is 0. The van der Waals surface area contributed by atoms with Crippen molar-refractivity contribution in [2.24, 2.45) is 11.7 Å². The lowest BCUT2D eigenvalue weighted by molar-refractivity contribution is -0.127. The lowest BCUT2D eigenvalue weighted by Crippen LogP contribution is -2.53. The molecule has 3 rings (SSSR count). The van der Waals surface area contributed by atoms with E-state index in [0.29, 0.717) is 5.92 Å². The molecular weight excluding hydrogens is 268 g/mol. The molecule has 1 amide bonds. The van der Waals surface area contributed by atoms with Gasteiger partial charge in [-0.1, -0.05) is 31.7 Å². The largest absolute Gasteiger partial charge is 0.347 e. The standard InChI is InChI=1S/C16H24N2OS/c17-16(9-3-4-10-16)15(19)18-14(12-6-1-2-7-12)13-8-5-11-20-13/h5,8,11-12,14H,1-4,6-7,9-10,17H2,(H,18,19). The van der Waals surface area contributed by atoms with Crippen molar-refractivity contribution < 1.29 is 4.79 Å². The molecule has 1 heterocycles. The van der Waals surface area contributed by atoms with Crippen LogP contribution in [0.15, 0.2) is 17.5 Å². The minimum absolute atomic E-state index is 0.0697. The summed E-state index contributed by atoms with van der Waals surface area (Å²) in [6, 6.07) is 4.39. The smallest absolute Gasteiger partial charge is 0.240 e. The van der Waals surface area contributed by atoms with Gasteiger partial charge in [0.05, 0.1) is 11.6 Å². The molecule has 3 nitrogen and oxygen atoms in total. The maximum Gasteiger partial charge on any atom is 0.240 e. The number of hydrogen-bond acceptors (Lipinski definition) is 3. The Morgan fingerprint density at radius 3 is 2.60 bits per heavy atom. The number of amides is 1. The topological polar surface area (TPSA) is 55.1 Å². The van der Waals surface area contributed by atoms with Gasteiger partial charge in [-0.15, -0.1) is 11.3 Å². The summed E-state index contributed by atoms with van der Waals surface area (Å²) in [7, 11) is 0. The van der Waals surface area contributed by atoms with E-state index in [1.165, 1.54) is 30.6 Å². The molecule has 2 fully saturated rings.